The topological polar surface area (TPSA) is 43.4 Å². The van der Waals surface area contributed by atoms with Crippen LogP contribution < -0.4 is 4.74 Å². The van der Waals surface area contributed by atoms with Crippen LogP contribution in [0.3, 0.4) is 0 Å². The molecule has 0 bridgehead atoms. The normalized spacial score (nSPS) is 13.2. The van der Waals surface area contributed by atoms with Gasteiger partial charge in [0.1, 0.15) is 16.8 Å². The Kier molecular flexibility index (Phi) is 4.11. The number of ether oxygens (including phenoxy) is 1. The second-order valence-electron chi connectivity index (χ2n) is 3.21. The zero-order valence-electron chi connectivity index (χ0n) is 8.78. The summed E-state index contributed by atoms with van der Waals surface area (Å²) in [5.74, 6) is -2.81. The van der Waals surface area contributed by atoms with Crippen LogP contribution in [0.4, 0.5) is 8.78 Å². The maximum absolute atomic E-state index is 13.4. The first-order valence-electron chi connectivity index (χ1n) is 4.48. The molecule has 0 aliphatic heterocycles. The van der Waals surface area contributed by atoms with Gasteiger partial charge in [0, 0.05) is 16.7 Å². The number of benzene rings is 1. The third kappa shape index (κ3) is 3.41. The highest BCUT2D eigenvalue weighted by atomic mass is 35.7. The third-order valence-electron chi connectivity index (χ3n) is 1.87. The predicted octanol–water partition coefficient (Wildman–Crippen LogP) is 2.85. The average molecular weight is 283 g/mol. The third-order valence-corrected chi connectivity index (χ3v) is 3.20. The van der Waals surface area contributed by atoms with Crippen molar-refractivity contribution in [3.63, 3.8) is 0 Å². The Balaban J connectivity index is 3.41. The summed E-state index contributed by atoms with van der Waals surface area (Å²) in [6.45, 7) is 4.91. The number of halogens is 3. The molecule has 0 radical (unpaired) electrons. The molecule has 0 heterocycles. The van der Waals surface area contributed by atoms with Crippen LogP contribution in [-0.2, 0) is 9.05 Å². The molecule has 7 heteroatoms. The Bertz CT molecular complexity index is 543. The summed E-state index contributed by atoms with van der Waals surface area (Å²) >= 11 is 0. The van der Waals surface area contributed by atoms with Gasteiger partial charge in [-0.05, 0) is 13.0 Å². The summed E-state index contributed by atoms with van der Waals surface area (Å²) < 4.78 is 53.6. The Morgan fingerprint density at radius 1 is 1.47 bits per heavy atom. The number of hydrogen-bond donors (Lipinski definition) is 0. The Hall–Kier alpha value is -1.14. The van der Waals surface area contributed by atoms with E-state index in [4.69, 9.17) is 15.4 Å². The minimum Gasteiger partial charge on any atom is -0.482 e. The molecule has 0 fully saturated rings. The summed E-state index contributed by atoms with van der Waals surface area (Å²) in [5.41, 5.74) is 0. The molecule has 0 saturated heterocycles. The smallest absolute Gasteiger partial charge is 0.265 e. The Labute approximate surface area is 102 Å². The van der Waals surface area contributed by atoms with E-state index in [0.717, 1.165) is 0 Å². The van der Waals surface area contributed by atoms with E-state index < -0.39 is 37.4 Å². The zero-order chi connectivity index (χ0) is 13.2. The lowest BCUT2D eigenvalue weighted by atomic mass is 10.3. The minimum atomic E-state index is -4.30. The molecular formula is C10H9ClF2O3S. The second kappa shape index (κ2) is 5.01. The van der Waals surface area contributed by atoms with Crippen molar-refractivity contribution in [3.8, 4) is 5.75 Å². The molecule has 0 saturated carbocycles. The average Bonchev–Trinajstić information content (AvgIpc) is 2.19. The molecule has 1 aromatic rings. The molecule has 0 N–H and O–H groups in total. The first-order chi connectivity index (χ1) is 7.75. The van der Waals surface area contributed by atoms with Gasteiger partial charge in [-0.15, -0.1) is 0 Å². The lowest BCUT2D eigenvalue weighted by molar-refractivity contribution is 0.249. The van der Waals surface area contributed by atoms with Crippen LogP contribution in [0, 0.1) is 11.6 Å². The van der Waals surface area contributed by atoms with Gasteiger partial charge in [-0.1, -0.05) is 12.7 Å². The van der Waals surface area contributed by atoms with Crippen LogP contribution in [0.5, 0.6) is 5.75 Å². The van der Waals surface area contributed by atoms with Gasteiger partial charge < -0.3 is 4.74 Å². The molecule has 1 atom stereocenters. The lowest BCUT2D eigenvalue weighted by Crippen LogP contribution is -2.11. The molecule has 0 aliphatic rings. The quantitative estimate of drug-likeness (QED) is 0.630. The van der Waals surface area contributed by atoms with Crippen LogP contribution in [0.1, 0.15) is 6.92 Å². The molecule has 3 nitrogen and oxygen atoms in total. The molecule has 17 heavy (non-hydrogen) atoms. The van der Waals surface area contributed by atoms with Crippen LogP contribution in [0.2, 0.25) is 0 Å². The van der Waals surface area contributed by atoms with Crippen molar-refractivity contribution in [2.75, 3.05) is 0 Å². The molecule has 1 aromatic carbocycles. The van der Waals surface area contributed by atoms with Gasteiger partial charge in [-0.3, -0.25) is 0 Å². The number of rotatable bonds is 4. The fourth-order valence-corrected chi connectivity index (χ4v) is 2.03. The first kappa shape index (κ1) is 13.9. The van der Waals surface area contributed by atoms with Gasteiger partial charge in [-0.2, -0.15) is 0 Å². The van der Waals surface area contributed by atoms with E-state index in [-0.39, 0.29) is 0 Å². The van der Waals surface area contributed by atoms with Crippen LogP contribution in [-0.4, -0.2) is 14.5 Å². The van der Waals surface area contributed by atoms with Gasteiger partial charge in [0.25, 0.3) is 9.05 Å². The molecule has 0 spiro atoms. The van der Waals surface area contributed by atoms with Crippen molar-refractivity contribution in [2.45, 2.75) is 17.9 Å². The number of hydrogen-bond acceptors (Lipinski definition) is 3. The van der Waals surface area contributed by atoms with Crippen molar-refractivity contribution >= 4 is 19.7 Å². The molecule has 1 rings (SSSR count). The van der Waals surface area contributed by atoms with E-state index >= 15 is 0 Å². The largest absolute Gasteiger partial charge is 0.482 e. The van der Waals surface area contributed by atoms with Gasteiger partial charge in [0.2, 0.25) is 0 Å². The van der Waals surface area contributed by atoms with Crippen LogP contribution in [0.15, 0.2) is 29.7 Å². The Morgan fingerprint density at radius 2 is 2.06 bits per heavy atom. The fourth-order valence-electron chi connectivity index (χ4n) is 1.07. The molecule has 94 valence electrons. The van der Waals surface area contributed by atoms with Crippen molar-refractivity contribution in [1.82, 2.24) is 0 Å². The van der Waals surface area contributed by atoms with Gasteiger partial charge >= 0.3 is 0 Å². The van der Waals surface area contributed by atoms with Gasteiger partial charge in [0.05, 0.1) is 0 Å². The summed E-state index contributed by atoms with van der Waals surface area (Å²) in [6, 6.07) is 1.10. The van der Waals surface area contributed by atoms with Crippen LogP contribution >= 0.6 is 10.7 Å². The van der Waals surface area contributed by atoms with E-state index in [9.17, 15) is 17.2 Å². The molecule has 0 amide bonds. The van der Waals surface area contributed by atoms with E-state index in [1.165, 1.54) is 13.0 Å². The van der Waals surface area contributed by atoms with E-state index in [2.05, 4.69) is 6.58 Å². The molecule has 1 unspecified atom stereocenters. The van der Waals surface area contributed by atoms with E-state index in [1.54, 1.807) is 0 Å². The van der Waals surface area contributed by atoms with Crippen molar-refractivity contribution in [3.05, 3.63) is 36.4 Å². The second-order valence-corrected chi connectivity index (χ2v) is 5.75. The van der Waals surface area contributed by atoms with Crippen molar-refractivity contribution < 1.29 is 21.9 Å². The monoisotopic (exact) mass is 282 g/mol. The summed E-state index contributed by atoms with van der Waals surface area (Å²) in [5, 5.41) is 0. The van der Waals surface area contributed by atoms with E-state index in [0.29, 0.717) is 12.1 Å². The lowest BCUT2D eigenvalue weighted by Gasteiger charge is -2.14. The van der Waals surface area contributed by atoms with Crippen molar-refractivity contribution in [1.29, 1.82) is 0 Å². The van der Waals surface area contributed by atoms with Crippen molar-refractivity contribution in [2.24, 2.45) is 0 Å². The van der Waals surface area contributed by atoms with Crippen LogP contribution in [0.25, 0.3) is 0 Å². The molecular weight excluding hydrogens is 274 g/mol. The van der Waals surface area contributed by atoms with Gasteiger partial charge in [-0.25, -0.2) is 17.2 Å². The minimum absolute atomic E-state index is 0.511. The highest BCUT2D eigenvalue weighted by molar-refractivity contribution is 8.13. The molecule has 0 aromatic heterocycles. The predicted molar refractivity (Wildman–Crippen MR) is 59.7 cm³/mol. The SMILES string of the molecule is C=CC(C)Oc1c(F)cc(F)cc1S(=O)(=O)Cl. The maximum atomic E-state index is 13.4. The van der Waals surface area contributed by atoms with Gasteiger partial charge in [0.15, 0.2) is 11.6 Å². The summed E-state index contributed by atoms with van der Waals surface area (Å²) in [4.78, 5) is -0.745. The zero-order valence-corrected chi connectivity index (χ0v) is 10.4. The molecule has 0 aliphatic carbocycles. The standard InChI is InChI=1S/C10H9ClF2O3S/c1-3-6(2)16-10-8(13)4-7(12)5-9(10)17(11,14)15/h3-6H,1H2,2H3. The highest BCUT2D eigenvalue weighted by Crippen LogP contribution is 2.31. The highest BCUT2D eigenvalue weighted by Gasteiger charge is 2.23. The Morgan fingerprint density at radius 3 is 2.53 bits per heavy atom. The fraction of sp³-hybridized carbons (Fsp3) is 0.200. The maximum Gasteiger partial charge on any atom is 0.265 e. The van der Waals surface area contributed by atoms with E-state index in [1.807, 2.05) is 0 Å². The summed E-state index contributed by atoms with van der Waals surface area (Å²) in [7, 11) is 0.768. The summed E-state index contributed by atoms with van der Waals surface area (Å²) in [6.07, 6.45) is 0.681. The first-order valence-corrected chi connectivity index (χ1v) is 6.79.